The molecular formula is C25H44N4O3. The number of aliphatic imine (C=N–C) groups is 1. The van der Waals surface area contributed by atoms with E-state index < -0.39 is 0 Å². The standard InChI is InChI=1S/C25H44N4O3/c1-20(2)29-14-6-8-22(19-29)18-27-25(26-13-7-15-31-17-16-30-5)28-23-9-11-24(12-10-23)32-21(3)4/h9-12,20-22H,6-8,13-19H2,1-5H3,(H2,26,27,28). The van der Waals surface area contributed by atoms with Crippen molar-refractivity contribution in [3.63, 3.8) is 0 Å². The third-order valence-electron chi connectivity index (χ3n) is 5.47. The second-order valence-electron chi connectivity index (χ2n) is 8.99. The number of piperidine rings is 1. The number of rotatable bonds is 13. The molecule has 1 unspecified atom stereocenters. The minimum Gasteiger partial charge on any atom is -0.491 e. The molecule has 1 aliphatic rings. The molecule has 0 spiro atoms. The summed E-state index contributed by atoms with van der Waals surface area (Å²) in [6.07, 6.45) is 3.58. The average molecular weight is 449 g/mol. The molecule has 0 saturated carbocycles. The molecule has 1 saturated heterocycles. The number of methoxy groups -OCH3 is 1. The molecule has 1 aromatic carbocycles. The summed E-state index contributed by atoms with van der Waals surface area (Å²) in [7, 11) is 1.69. The molecule has 2 rings (SSSR count). The van der Waals surface area contributed by atoms with Crippen molar-refractivity contribution < 1.29 is 14.2 Å². The fraction of sp³-hybridized carbons (Fsp3) is 0.720. The maximum atomic E-state index is 5.75. The molecule has 1 atom stereocenters. The summed E-state index contributed by atoms with van der Waals surface area (Å²) < 4.78 is 16.3. The Kier molecular flexibility index (Phi) is 12.5. The third kappa shape index (κ3) is 10.7. The molecular weight excluding hydrogens is 404 g/mol. The Labute approximate surface area is 194 Å². The molecule has 2 N–H and O–H groups in total. The Hall–Kier alpha value is -1.83. The second-order valence-corrected chi connectivity index (χ2v) is 8.99. The van der Waals surface area contributed by atoms with Gasteiger partial charge in [0.15, 0.2) is 5.96 Å². The van der Waals surface area contributed by atoms with Gasteiger partial charge in [-0.05, 0) is 83.7 Å². The molecule has 0 aliphatic carbocycles. The monoisotopic (exact) mass is 448 g/mol. The van der Waals surface area contributed by atoms with E-state index in [1.807, 2.05) is 38.1 Å². The Morgan fingerprint density at radius 3 is 2.59 bits per heavy atom. The number of benzene rings is 1. The van der Waals surface area contributed by atoms with Gasteiger partial charge < -0.3 is 29.7 Å². The van der Waals surface area contributed by atoms with E-state index in [-0.39, 0.29) is 6.10 Å². The lowest BCUT2D eigenvalue weighted by molar-refractivity contribution is 0.0699. The summed E-state index contributed by atoms with van der Waals surface area (Å²) in [5, 5.41) is 6.92. The van der Waals surface area contributed by atoms with Crippen LogP contribution in [0.2, 0.25) is 0 Å². The van der Waals surface area contributed by atoms with E-state index in [0.29, 0.717) is 31.8 Å². The fourth-order valence-corrected chi connectivity index (χ4v) is 3.73. The van der Waals surface area contributed by atoms with Gasteiger partial charge in [0.1, 0.15) is 5.75 Å². The Morgan fingerprint density at radius 1 is 1.12 bits per heavy atom. The molecule has 32 heavy (non-hydrogen) atoms. The predicted molar refractivity (Wildman–Crippen MR) is 133 cm³/mol. The molecule has 7 nitrogen and oxygen atoms in total. The molecule has 182 valence electrons. The molecule has 1 heterocycles. The Bertz CT molecular complexity index is 649. The number of guanidine groups is 1. The van der Waals surface area contributed by atoms with Gasteiger partial charge in [-0.25, -0.2) is 0 Å². The van der Waals surface area contributed by atoms with Crippen LogP contribution in [0.3, 0.4) is 0 Å². The van der Waals surface area contributed by atoms with E-state index in [1.54, 1.807) is 7.11 Å². The maximum absolute atomic E-state index is 5.75. The van der Waals surface area contributed by atoms with E-state index >= 15 is 0 Å². The van der Waals surface area contributed by atoms with Crippen molar-refractivity contribution in [3.8, 4) is 5.75 Å². The molecule has 0 radical (unpaired) electrons. The lowest BCUT2D eigenvalue weighted by Crippen LogP contribution is -2.41. The van der Waals surface area contributed by atoms with Gasteiger partial charge in [-0.1, -0.05) is 0 Å². The van der Waals surface area contributed by atoms with Crippen molar-refractivity contribution in [2.75, 3.05) is 58.4 Å². The van der Waals surface area contributed by atoms with Gasteiger partial charge in [-0.2, -0.15) is 0 Å². The largest absolute Gasteiger partial charge is 0.491 e. The number of hydrogen-bond donors (Lipinski definition) is 2. The van der Waals surface area contributed by atoms with Crippen molar-refractivity contribution in [2.45, 2.75) is 59.1 Å². The van der Waals surface area contributed by atoms with E-state index in [0.717, 1.165) is 43.5 Å². The van der Waals surface area contributed by atoms with E-state index in [4.69, 9.17) is 19.2 Å². The lowest BCUT2D eigenvalue weighted by Gasteiger charge is -2.34. The van der Waals surface area contributed by atoms with Gasteiger partial charge in [0.2, 0.25) is 0 Å². The van der Waals surface area contributed by atoms with E-state index in [2.05, 4.69) is 29.4 Å². The highest BCUT2D eigenvalue weighted by Crippen LogP contribution is 2.19. The van der Waals surface area contributed by atoms with Gasteiger partial charge in [-0.15, -0.1) is 0 Å². The van der Waals surface area contributed by atoms with Gasteiger partial charge in [-0.3, -0.25) is 4.99 Å². The van der Waals surface area contributed by atoms with Crippen molar-refractivity contribution >= 4 is 11.6 Å². The third-order valence-corrected chi connectivity index (χ3v) is 5.47. The molecule has 1 aliphatic heterocycles. The molecule has 0 bridgehead atoms. The zero-order chi connectivity index (χ0) is 23.2. The minimum absolute atomic E-state index is 0.166. The van der Waals surface area contributed by atoms with Crippen molar-refractivity contribution in [1.29, 1.82) is 0 Å². The molecule has 0 aromatic heterocycles. The van der Waals surface area contributed by atoms with Crippen LogP contribution in [0, 0.1) is 5.92 Å². The quantitative estimate of drug-likeness (QED) is 0.270. The number of anilines is 1. The summed E-state index contributed by atoms with van der Waals surface area (Å²) in [5.74, 6) is 2.30. The van der Waals surface area contributed by atoms with Crippen LogP contribution >= 0.6 is 0 Å². The number of nitrogens with one attached hydrogen (secondary N) is 2. The SMILES string of the molecule is COCCOCCCNC(=NCC1CCCN(C(C)C)C1)Nc1ccc(OC(C)C)cc1. The first kappa shape index (κ1) is 26.4. The van der Waals surface area contributed by atoms with Crippen LogP contribution in [0.5, 0.6) is 5.75 Å². The fourth-order valence-electron chi connectivity index (χ4n) is 3.73. The van der Waals surface area contributed by atoms with Crippen molar-refractivity contribution in [2.24, 2.45) is 10.9 Å². The zero-order valence-electron chi connectivity index (χ0n) is 20.7. The highest BCUT2D eigenvalue weighted by atomic mass is 16.5. The first-order valence-corrected chi connectivity index (χ1v) is 12.1. The van der Waals surface area contributed by atoms with E-state index in [1.165, 1.54) is 19.4 Å². The molecule has 1 aromatic rings. The van der Waals surface area contributed by atoms with Crippen LogP contribution in [-0.4, -0.2) is 76.1 Å². The average Bonchev–Trinajstić information content (AvgIpc) is 2.77. The summed E-state index contributed by atoms with van der Waals surface area (Å²) in [5.41, 5.74) is 0.996. The highest BCUT2D eigenvalue weighted by Gasteiger charge is 2.21. The van der Waals surface area contributed by atoms with Crippen LogP contribution in [0.15, 0.2) is 29.3 Å². The summed E-state index contributed by atoms with van der Waals surface area (Å²) in [6, 6.07) is 8.65. The summed E-state index contributed by atoms with van der Waals surface area (Å²) >= 11 is 0. The van der Waals surface area contributed by atoms with E-state index in [9.17, 15) is 0 Å². The smallest absolute Gasteiger partial charge is 0.195 e. The zero-order valence-corrected chi connectivity index (χ0v) is 20.7. The summed E-state index contributed by atoms with van der Waals surface area (Å²) in [4.78, 5) is 7.49. The lowest BCUT2D eigenvalue weighted by atomic mass is 9.97. The van der Waals surface area contributed by atoms with Crippen LogP contribution in [0.25, 0.3) is 0 Å². The van der Waals surface area contributed by atoms with Gasteiger partial charge in [0, 0.05) is 45.1 Å². The number of likely N-dealkylation sites (tertiary alicyclic amines) is 1. The molecule has 0 amide bonds. The summed E-state index contributed by atoms with van der Waals surface area (Å²) in [6.45, 7) is 14.6. The van der Waals surface area contributed by atoms with Gasteiger partial charge in [0.25, 0.3) is 0 Å². The van der Waals surface area contributed by atoms with Gasteiger partial charge >= 0.3 is 0 Å². The topological polar surface area (TPSA) is 67.4 Å². The number of nitrogens with zero attached hydrogens (tertiary/aromatic N) is 2. The maximum Gasteiger partial charge on any atom is 0.195 e. The number of hydrogen-bond acceptors (Lipinski definition) is 5. The van der Waals surface area contributed by atoms with Gasteiger partial charge in [0.05, 0.1) is 19.3 Å². The highest BCUT2D eigenvalue weighted by molar-refractivity contribution is 5.93. The Morgan fingerprint density at radius 2 is 1.91 bits per heavy atom. The first-order valence-electron chi connectivity index (χ1n) is 12.1. The molecule has 7 heteroatoms. The van der Waals surface area contributed by atoms with Crippen LogP contribution < -0.4 is 15.4 Å². The second kappa shape index (κ2) is 15.1. The number of ether oxygens (including phenoxy) is 3. The minimum atomic E-state index is 0.166. The van der Waals surface area contributed by atoms with Crippen molar-refractivity contribution in [3.05, 3.63) is 24.3 Å². The van der Waals surface area contributed by atoms with Crippen LogP contribution in [0.1, 0.15) is 47.0 Å². The Balaban J connectivity index is 1.91. The molecule has 1 fully saturated rings. The predicted octanol–water partition coefficient (Wildman–Crippen LogP) is 4.00. The van der Waals surface area contributed by atoms with Crippen LogP contribution in [-0.2, 0) is 9.47 Å². The first-order chi connectivity index (χ1) is 15.5. The normalized spacial score (nSPS) is 17.7. The van der Waals surface area contributed by atoms with Crippen molar-refractivity contribution in [1.82, 2.24) is 10.2 Å². The van der Waals surface area contributed by atoms with Crippen LogP contribution in [0.4, 0.5) is 5.69 Å².